The molecule has 0 aromatic heterocycles. The van der Waals surface area contributed by atoms with Crippen molar-refractivity contribution in [3.63, 3.8) is 0 Å². The maximum absolute atomic E-state index is 14.0. The number of sulfonamides is 2. The summed E-state index contributed by atoms with van der Waals surface area (Å²) in [6, 6.07) is 11.4. The highest BCUT2D eigenvalue weighted by Crippen LogP contribution is 2.24. The summed E-state index contributed by atoms with van der Waals surface area (Å²) in [5, 5.41) is 0. The number of piperazine rings is 1. The zero-order valence-corrected chi connectivity index (χ0v) is 18.6. The molecule has 1 N–H and O–H groups in total. The van der Waals surface area contributed by atoms with Crippen molar-refractivity contribution in [1.82, 2.24) is 9.03 Å². The van der Waals surface area contributed by atoms with E-state index in [2.05, 4.69) is 4.72 Å². The van der Waals surface area contributed by atoms with Crippen LogP contribution >= 0.6 is 0 Å². The minimum Gasteiger partial charge on any atom is -0.367 e. The van der Waals surface area contributed by atoms with Crippen LogP contribution in [0.3, 0.4) is 0 Å². The molecule has 1 unspecified atom stereocenters. The molecule has 1 saturated heterocycles. The Kier molecular flexibility index (Phi) is 6.81. The molecule has 0 saturated carbocycles. The van der Waals surface area contributed by atoms with E-state index in [1.165, 1.54) is 34.6 Å². The molecular formula is C20H26FN3O4S2. The zero-order chi connectivity index (χ0) is 21.9. The molecule has 1 aliphatic heterocycles. The van der Waals surface area contributed by atoms with E-state index in [0.717, 1.165) is 0 Å². The Morgan fingerprint density at radius 1 is 0.933 bits per heavy atom. The first kappa shape index (κ1) is 22.7. The second-order valence-corrected chi connectivity index (χ2v) is 10.9. The summed E-state index contributed by atoms with van der Waals surface area (Å²) in [5.74, 6) is -0.336. The molecule has 164 valence electrons. The zero-order valence-electron chi connectivity index (χ0n) is 17.0. The smallest absolute Gasteiger partial charge is 0.243 e. The molecule has 1 heterocycles. The fourth-order valence-electron chi connectivity index (χ4n) is 3.23. The van der Waals surface area contributed by atoms with Crippen LogP contribution in [0, 0.1) is 5.82 Å². The summed E-state index contributed by atoms with van der Waals surface area (Å²) >= 11 is 0. The minimum atomic E-state index is -3.77. The monoisotopic (exact) mass is 455 g/mol. The lowest BCUT2D eigenvalue weighted by molar-refractivity contribution is 0.383. The molecule has 2 aromatic rings. The van der Waals surface area contributed by atoms with Gasteiger partial charge in [-0.15, -0.1) is 0 Å². The largest absolute Gasteiger partial charge is 0.367 e. The van der Waals surface area contributed by atoms with Gasteiger partial charge in [0.25, 0.3) is 0 Å². The lowest BCUT2D eigenvalue weighted by Crippen LogP contribution is -2.48. The lowest BCUT2D eigenvalue weighted by atomic mass is 10.2. The highest BCUT2D eigenvalue weighted by atomic mass is 32.2. The molecule has 0 spiro atoms. The van der Waals surface area contributed by atoms with Crippen LogP contribution in [0.15, 0.2) is 58.3 Å². The molecule has 0 bridgehead atoms. The van der Waals surface area contributed by atoms with Crippen molar-refractivity contribution in [3.05, 3.63) is 54.3 Å². The van der Waals surface area contributed by atoms with Crippen molar-refractivity contribution in [2.24, 2.45) is 0 Å². The van der Waals surface area contributed by atoms with Crippen LogP contribution in [0.2, 0.25) is 0 Å². The van der Waals surface area contributed by atoms with Crippen LogP contribution in [-0.2, 0) is 20.0 Å². The predicted molar refractivity (Wildman–Crippen MR) is 114 cm³/mol. The first-order valence-electron chi connectivity index (χ1n) is 9.77. The van der Waals surface area contributed by atoms with Crippen LogP contribution in [0.4, 0.5) is 10.1 Å². The summed E-state index contributed by atoms with van der Waals surface area (Å²) in [6.07, 6.45) is 0.643. The van der Waals surface area contributed by atoms with Gasteiger partial charge < -0.3 is 4.90 Å². The van der Waals surface area contributed by atoms with E-state index in [0.29, 0.717) is 25.2 Å². The molecule has 0 aliphatic carbocycles. The molecule has 1 aliphatic rings. The van der Waals surface area contributed by atoms with Gasteiger partial charge in [-0.05, 0) is 49.7 Å². The quantitative estimate of drug-likeness (QED) is 0.693. The summed E-state index contributed by atoms with van der Waals surface area (Å²) in [7, 11) is -7.47. The van der Waals surface area contributed by atoms with E-state index in [-0.39, 0.29) is 34.7 Å². The van der Waals surface area contributed by atoms with Crippen LogP contribution in [0.25, 0.3) is 0 Å². The second kappa shape index (κ2) is 9.01. The number of hydrogen-bond acceptors (Lipinski definition) is 5. The van der Waals surface area contributed by atoms with E-state index >= 15 is 0 Å². The SMILES string of the molecule is CCC(C)NS(=O)(=O)c1ccc(S(=O)(=O)N2CCN(c3ccccc3F)CC2)cc1. The molecular weight excluding hydrogens is 429 g/mol. The van der Waals surface area contributed by atoms with Crippen molar-refractivity contribution in [1.29, 1.82) is 0 Å². The Bertz CT molecular complexity index is 1080. The van der Waals surface area contributed by atoms with Gasteiger partial charge in [0, 0.05) is 32.2 Å². The molecule has 1 atom stereocenters. The Morgan fingerprint density at radius 3 is 2.07 bits per heavy atom. The minimum absolute atomic E-state index is 0.0196. The molecule has 2 aromatic carbocycles. The van der Waals surface area contributed by atoms with Gasteiger partial charge in [0.2, 0.25) is 20.0 Å². The number of benzene rings is 2. The molecule has 10 heteroatoms. The van der Waals surface area contributed by atoms with E-state index in [4.69, 9.17) is 0 Å². The highest BCUT2D eigenvalue weighted by Gasteiger charge is 2.29. The maximum Gasteiger partial charge on any atom is 0.243 e. The normalized spacial score (nSPS) is 17.1. The number of hydrogen-bond donors (Lipinski definition) is 1. The number of rotatable bonds is 7. The van der Waals surface area contributed by atoms with E-state index < -0.39 is 20.0 Å². The molecule has 0 radical (unpaired) electrons. The maximum atomic E-state index is 14.0. The third-order valence-electron chi connectivity index (χ3n) is 5.17. The molecule has 30 heavy (non-hydrogen) atoms. The number of para-hydroxylation sites is 1. The molecule has 7 nitrogen and oxygen atoms in total. The van der Waals surface area contributed by atoms with E-state index in [1.54, 1.807) is 25.1 Å². The van der Waals surface area contributed by atoms with Crippen LogP contribution in [0.1, 0.15) is 20.3 Å². The summed E-state index contributed by atoms with van der Waals surface area (Å²) in [6.45, 7) is 4.79. The Hall–Kier alpha value is -2.01. The van der Waals surface area contributed by atoms with Crippen LogP contribution in [-0.4, -0.2) is 53.4 Å². The van der Waals surface area contributed by atoms with E-state index in [9.17, 15) is 21.2 Å². The van der Waals surface area contributed by atoms with Gasteiger partial charge in [-0.2, -0.15) is 4.31 Å². The average molecular weight is 456 g/mol. The van der Waals surface area contributed by atoms with Gasteiger partial charge >= 0.3 is 0 Å². The first-order valence-corrected chi connectivity index (χ1v) is 12.7. The predicted octanol–water partition coefficient (Wildman–Crippen LogP) is 2.41. The van der Waals surface area contributed by atoms with Crippen LogP contribution in [0.5, 0.6) is 0 Å². The fraction of sp³-hybridized carbons (Fsp3) is 0.400. The number of nitrogens with zero attached hydrogens (tertiary/aromatic N) is 2. The van der Waals surface area contributed by atoms with Gasteiger partial charge in [-0.1, -0.05) is 19.1 Å². The van der Waals surface area contributed by atoms with Gasteiger partial charge in [0.05, 0.1) is 15.5 Å². The number of nitrogens with one attached hydrogen (secondary N) is 1. The third kappa shape index (κ3) is 4.83. The van der Waals surface area contributed by atoms with Crippen LogP contribution < -0.4 is 9.62 Å². The lowest BCUT2D eigenvalue weighted by Gasteiger charge is -2.35. The second-order valence-electron chi connectivity index (χ2n) is 7.24. The number of anilines is 1. The van der Waals surface area contributed by atoms with Crippen molar-refractivity contribution < 1.29 is 21.2 Å². The number of halogens is 1. The van der Waals surface area contributed by atoms with E-state index in [1.807, 2.05) is 11.8 Å². The standard InChI is InChI=1S/C20H26FN3O4S2/c1-3-16(2)22-29(25,26)17-8-10-18(11-9-17)30(27,28)24-14-12-23(13-15-24)20-7-5-4-6-19(20)21/h4-11,16,22H,3,12-15H2,1-2H3. The highest BCUT2D eigenvalue weighted by molar-refractivity contribution is 7.89. The summed E-state index contributed by atoms with van der Waals surface area (Å²) < 4.78 is 68.5. The Morgan fingerprint density at radius 2 is 1.50 bits per heavy atom. The Balaban J connectivity index is 1.71. The van der Waals surface area contributed by atoms with Gasteiger partial charge in [-0.3, -0.25) is 0 Å². The molecule has 1 fully saturated rings. The Labute approximate surface area is 177 Å². The van der Waals surface area contributed by atoms with Crippen molar-refractivity contribution >= 4 is 25.7 Å². The van der Waals surface area contributed by atoms with Gasteiger partial charge in [0.15, 0.2) is 0 Å². The van der Waals surface area contributed by atoms with Crippen molar-refractivity contribution in [3.8, 4) is 0 Å². The topological polar surface area (TPSA) is 86.8 Å². The van der Waals surface area contributed by atoms with Gasteiger partial charge in [-0.25, -0.2) is 25.9 Å². The summed E-state index contributed by atoms with van der Waals surface area (Å²) in [4.78, 5) is 1.87. The third-order valence-corrected chi connectivity index (χ3v) is 8.69. The first-order chi connectivity index (χ1) is 14.1. The average Bonchev–Trinajstić information content (AvgIpc) is 2.74. The molecule has 0 amide bonds. The van der Waals surface area contributed by atoms with Crippen molar-refractivity contribution in [2.45, 2.75) is 36.1 Å². The fourth-order valence-corrected chi connectivity index (χ4v) is 5.98. The molecule has 3 rings (SSSR count). The summed E-state index contributed by atoms with van der Waals surface area (Å²) in [5.41, 5.74) is 0.456. The van der Waals surface area contributed by atoms with Crippen molar-refractivity contribution in [2.75, 3.05) is 31.1 Å². The van der Waals surface area contributed by atoms with Gasteiger partial charge in [0.1, 0.15) is 5.82 Å².